The Kier molecular flexibility index (Phi) is 10.0. The molecule has 218 valence electrons. The second-order valence-corrected chi connectivity index (χ2v) is 9.36. The summed E-state index contributed by atoms with van der Waals surface area (Å²) >= 11 is 0. The van der Waals surface area contributed by atoms with Crippen molar-refractivity contribution in [2.24, 2.45) is 0 Å². The highest BCUT2D eigenvalue weighted by molar-refractivity contribution is 5.94. The summed E-state index contributed by atoms with van der Waals surface area (Å²) in [5, 5.41) is 18.9. The van der Waals surface area contributed by atoms with Crippen molar-refractivity contribution in [1.29, 1.82) is 0 Å². The molecule has 0 aliphatic heterocycles. The van der Waals surface area contributed by atoms with Crippen molar-refractivity contribution >= 4 is 35.0 Å². The molecule has 0 atom stereocenters. The number of rotatable bonds is 14. The van der Waals surface area contributed by atoms with Crippen molar-refractivity contribution in [1.82, 2.24) is 4.57 Å². The predicted molar refractivity (Wildman–Crippen MR) is 152 cm³/mol. The normalized spacial score (nSPS) is 11.5. The average Bonchev–Trinajstić information content (AvgIpc) is 3.28. The Morgan fingerprint density at radius 1 is 0.881 bits per heavy atom. The quantitative estimate of drug-likeness (QED) is 0.127. The van der Waals surface area contributed by atoms with Gasteiger partial charge in [0.15, 0.2) is 11.6 Å². The monoisotopic (exact) mass is 579 g/mol. The van der Waals surface area contributed by atoms with E-state index in [1.807, 2.05) is 0 Å². The minimum atomic E-state index is -1.05. The Labute approximate surface area is 239 Å². The number of carboxylic acid groups (broad SMARTS) is 2. The molecule has 0 radical (unpaired) electrons. The van der Waals surface area contributed by atoms with E-state index in [1.165, 1.54) is 28.8 Å². The van der Waals surface area contributed by atoms with Gasteiger partial charge in [-0.25, -0.2) is 8.78 Å². The number of aryl methyl sites for hydroxylation is 1. The summed E-state index contributed by atoms with van der Waals surface area (Å²) in [5.74, 6) is -4.08. The zero-order valence-corrected chi connectivity index (χ0v) is 22.4. The molecule has 0 saturated carbocycles. The first-order valence-electron chi connectivity index (χ1n) is 13.1. The van der Waals surface area contributed by atoms with Gasteiger partial charge in [0.2, 0.25) is 5.82 Å². The van der Waals surface area contributed by atoms with Crippen molar-refractivity contribution in [3.63, 3.8) is 0 Å². The molecule has 2 N–H and O–H groups in total. The van der Waals surface area contributed by atoms with Crippen LogP contribution in [0.4, 0.5) is 13.2 Å². The maximum Gasteiger partial charge on any atom is 0.323 e. The van der Waals surface area contributed by atoms with Crippen LogP contribution in [0.15, 0.2) is 72.9 Å². The molecule has 4 rings (SSSR count). The largest absolute Gasteiger partial charge is 0.490 e. The molecular formula is C32H28F3NO6. The number of aliphatic carboxylic acids is 2. The fourth-order valence-electron chi connectivity index (χ4n) is 4.41. The first-order chi connectivity index (χ1) is 20.2. The lowest BCUT2D eigenvalue weighted by molar-refractivity contribution is -0.138. The van der Waals surface area contributed by atoms with Crippen LogP contribution in [-0.4, -0.2) is 39.9 Å². The second kappa shape index (κ2) is 14.1. The van der Waals surface area contributed by atoms with Crippen molar-refractivity contribution in [3.05, 3.63) is 107 Å². The molecule has 0 aliphatic rings. The van der Waals surface area contributed by atoms with Crippen molar-refractivity contribution < 1.29 is 42.4 Å². The Morgan fingerprint density at radius 2 is 1.62 bits per heavy atom. The summed E-state index contributed by atoms with van der Waals surface area (Å²) in [5.41, 5.74) is 2.52. The van der Waals surface area contributed by atoms with E-state index in [2.05, 4.69) is 0 Å². The first kappa shape index (κ1) is 30.0. The van der Waals surface area contributed by atoms with Gasteiger partial charge in [0.25, 0.3) is 0 Å². The lowest BCUT2D eigenvalue weighted by atomic mass is 10.0. The molecule has 10 heteroatoms. The molecule has 0 aliphatic carbocycles. The molecule has 1 heterocycles. The molecule has 0 bridgehead atoms. The molecule has 42 heavy (non-hydrogen) atoms. The standard InChI is InChI=1S/C32H28F3NO6/c33-24-17-22(32-26(18-24)23(5-3-8-29(37)38)19-36(32)20-30(39)40)12-9-21-10-13-25(14-11-21)41-15-1-2-16-42-28-7-4-6-27(34)31(28)35/h1-2,4,6-7,9-14,17-19H,3,5,8,15-16,20H2,(H,37,38)(H,39,40). The fraction of sp³-hybridized carbons (Fsp3) is 0.188. The summed E-state index contributed by atoms with van der Waals surface area (Å²) in [7, 11) is 0. The number of nitrogens with zero attached hydrogens (tertiary/aromatic N) is 1. The van der Waals surface area contributed by atoms with Crippen LogP contribution in [0.25, 0.3) is 23.1 Å². The van der Waals surface area contributed by atoms with E-state index in [9.17, 15) is 27.9 Å². The zero-order chi connectivity index (χ0) is 30.1. The third kappa shape index (κ3) is 8.03. The number of halogens is 3. The number of aromatic nitrogens is 1. The van der Waals surface area contributed by atoms with Gasteiger partial charge < -0.3 is 24.3 Å². The summed E-state index contributed by atoms with van der Waals surface area (Å²) in [6, 6.07) is 13.5. The topological polar surface area (TPSA) is 98.0 Å². The molecule has 3 aromatic carbocycles. The van der Waals surface area contributed by atoms with Gasteiger partial charge in [-0.05, 0) is 72.5 Å². The van der Waals surface area contributed by atoms with Crippen LogP contribution in [0.1, 0.15) is 29.5 Å². The van der Waals surface area contributed by atoms with E-state index in [0.717, 1.165) is 11.6 Å². The Morgan fingerprint density at radius 3 is 2.33 bits per heavy atom. The number of hydrogen-bond donors (Lipinski definition) is 2. The maximum atomic E-state index is 14.6. The lowest BCUT2D eigenvalue weighted by Crippen LogP contribution is -2.08. The van der Waals surface area contributed by atoms with Crippen LogP contribution < -0.4 is 9.47 Å². The number of carbonyl (C=O) groups is 2. The number of benzene rings is 3. The highest BCUT2D eigenvalue weighted by Gasteiger charge is 2.15. The number of fused-ring (bicyclic) bond motifs is 1. The number of ether oxygens (including phenoxy) is 2. The van der Waals surface area contributed by atoms with Gasteiger partial charge in [-0.15, -0.1) is 0 Å². The zero-order valence-electron chi connectivity index (χ0n) is 22.4. The van der Waals surface area contributed by atoms with E-state index in [4.69, 9.17) is 14.6 Å². The van der Waals surface area contributed by atoms with E-state index in [0.29, 0.717) is 40.6 Å². The second-order valence-electron chi connectivity index (χ2n) is 9.36. The summed E-state index contributed by atoms with van der Waals surface area (Å²) in [6.45, 7) is -0.0580. The lowest BCUT2D eigenvalue weighted by Gasteiger charge is -2.06. The molecule has 1 aromatic heterocycles. The van der Waals surface area contributed by atoms with Crippen LogP contribution >= 0.6 is 0 Å². The van der Waals surface area contributed by atoms with Gasteiger partial charge in [0.05, 0.1) is 5.52 Å². The summed E-state index contributed by atoms with van der Waals surface area (Å²) in [4.78, 5) is 22.4. The number of carboxylic acids is 2. The molecule has 7 nitrogen and oxygen atoms in total. The Balaban J connectivity index is 1.41. The van der Waals surface area contributed by atoms with Gasteiger partial charge in [0.1, 0.15) is 31.3 Å². The summed E-state index contributed by atoms with van der Waals surface area (Å²) in [6.07, 6.45) is 9.09. The minimum absolute atomic E-state index is 0.0422. The van der Waals surface area contributed by atoms with Gasteiger partial charge >= 0.3 is 11.9 Å². The fourth-order valence-corrected chi connectivity index (χ4v) is 4.41. The predicted octanol–water partition coefficient (Wildman–Crippen LogP) is 6.73. The van der Waals surface area contributed by atoms with Crippen LogP contribution in [0, 0.1) is 17.5 Å². The van der Waals surface area contributed by atoms with E-state index >= 15 is 0 Å². The molecule has 4 aromatic rings. The smallest absolute Gasteiger partial charge is 0.323 e. The van der Waals surface area contributed by atoms with Gasteiger partial charge in [-0.3, -0.25) is 9.59 Å². The molecule has 0 fully saturated rings. The van der Waals surface area contributed by atoms with E-state index in [1.54, 1.807) is 54.8 Å². The van der Waals surface area contributed by atoms with Crippen LogP contribution in [-0.2, 0) is 22.6 Å². The van der Waals surface area contributed by atoms with Crippen molar-refractivity contribution in [2.75, 3.05) is 13.2 Å². The van der Waals surface area contributed by atoms with E-state index < -0.39 is 29.4 Å². The van der Waals surface area contributed by atoms with Gasteiger partial charge in [-0.2, -0.15) is 4.39 Å². The van der Waals surface area contributed by atoms with Gasteiger partial charge in [-0.1, -0.05) is 30.4 Å². The maximum absolute atomic E-state index is 14.6. The number of hydrogen-bond acceptors (Lipinski definition) is 4. The molecular weight excluding hydrogens is 551 g/mol. The Hall–Kier alpha value is -4.99. The average molecular weight is 580 g/mol. The molecule has 0 amide bonds. The third-order valence-corrected chi connectivity index (χ3v) is 6.29. The minimum Gasteiger partial charge on any atom is -0.490 e. The van der Waals surface area contributed by atoms with Crippen LogP contribution in [0.3, 0.4) is 0 Å². The molecule has 0 spiro atoms. The first-order valence-corrected chi connectivity index (χ1v) is 13.1. The highest BCUT2D eigenvalue weighted by atomic mass is 19.2. The van der Waals surface area contributed by atoms with Crippen molar-refractivity contribution in [3.8, 4) is 11.5 Å². The highest BCUT2D eigenvalue weighted by Crippen LogP contribution is 2.29. The van der Waals surface area contributed by atoms with Crippen molar-refractivity contribution in [2.45, 2.75) is 25.8 Å². The SMILES string of the molecule is O=C(O)CCCc1cn(CC(=O)O)c2c(C=Cc3ccc(OCC=CCOc4cccc(F)c4F)cc3)cc(F)cc12. The van der Waals surface area contributed by atoms with Crippen LogP contribution in [0.5, 0.6) is 11.5 Å². The summed E-state index contributed by atoms with van der Waals surface area (Å²) < 4.78 is 53.8. The molecule has 0 unspecified atom stereocenters. The third-order valence-electron chi connectivity index (χ3n) is 6.29. The molecule has 0 saturated heterocycles. The Bertz CT molecular complexity index is 1630. The van der Waals surface area contributed by atoms with Gasteiger partial charge in [0, 0.05) is 23.6 Å². The van der Waals surface area contributed by atoms with Crippen LogP contribution in [0.2, 0.25) is 0 Å². The van der Waals surface area contributed by atoms with E-state index in [-0.39, 0.29) is 31.9 Å².